The van der Waals surface area contributed by atoms with Crippen LogP contribution in [0.3, 0.4) is 0 Å². The van der Waals surface area contributed by atoms with Gasteiger partial charge in [-0.05, 0) is 43.7 Å². The fourth-order valence-electron chi connectivity index (χ4n) is 2.31. The molecule has 0 aliphatic carbocycles. The van der Waals surface area contributed by atoms with Gasteiger partial charge in [-0.1, -0.05) is 35.4 Å². The van der Waals surface area contributed by atoms with Crippen LogP contribution in [0.2, 0.25) is 5.02 Å². The molecule has 1 nitrogen and oxygen atoms in total. The van der Waals surface area contributed by atoms with Gasteiger partial charge in [-0.3, -0.25) is 0 Å². The Hall–Kier alpha value is -1.73. The lowest BCUT2D eigenvalue weighted by atomic mass is 10.0. The van der Waals surface area contributed by atoms with Gasteiger partial charge in [0.2, 0.25) is 0 Å². The average molecular weight is 257 g/mol. The molecule has 18 heavy (non-hydrogen) atoms. The summed E-state index contributed by atoms with van der Waals surface area (Å²) in [6.45, 7) is 4.09. The Labute approximate surface area is 111 Å². The van der Waals surface area contributed by atoms with Crippen LogP contribution in [0.4, 0.5) is 0 Å². The maximum atomic E-state index is 5.93. The van der Waals surface area contributed by atoms with Gasteiger partial charge in [0.1, 0.15) is 11.3 Å². The fraction of sp³-hybridized carbons (Fsp3) is 0.125. The van der Waals surface area contributed by atoms with Gasteiger partial charge in [-0.25, -0.2) is 0 Å². The van der Waals surface area contributed by atoms with Crippen LogP contribution < -0.4 is 0 Å². The molecule has 0 atom stereocenters. The number of hydrogen-bond acceptors (Lipinski definition) is 1. The smallest absolute Gasteiger partial charge is 0.134 e. The van der Waals surface area contributed by atoms with E-state index in [-0.39, 0.29) is 0 Å². The van der Waals surface area contributed by atoms with Gasteiger partial charge in [-0.2, -0.15) is 0 Å². The number of aryl methyl sites for hydroxylation is 2. The van der Waals surface area contributed by atoms with E-state index in [4.69, 9.17) is 16.0 Å². The number of rotatable bonds is 1. The third kappa shape index (κ3) is 1.81. The molecule has 0 unspecified atom stereocenters. The minimum Gasteiger partial charge on any atom is -0.461 e. The van der Waals surface area contributed by atoms with Crippen molar-refractivity contribution in [3.8, 4) is 11.1 Å². The summed E-state index contributed by atoms with van der Waals surface area (Å²) in [6, 6.07) is 14.1. The van der Waals surface area contributed by atoms with Gasteiger partial charge >= 0.3 is 0 Å². The van der Waals surface area contributed by atoms with Crippen LogP contribution in [0.25, 0.3) is 22.1 Å². The van der Waals surface area contributed by atoms with Crippen molar-refractivity contribution in [1.29, 1.82) is 0 Å². The summed E-state index contributed by atoms with van der Waals surface area (Å²) in [4.78, 5) is 0. The molecule has 2 aromatic carbocycles. The molecule has 1 aromatic heterocycles. The molecule has 0 amide bonds. The highest BCUT2D eigenvalue weighted by Crippen LogP contribution is 2.35. The number of fused-ring (bicyclic) bond motifs is 1. The lowest BCUT2D eigenvalue weighted by Crippen LogP contribution is -1.79. The molecule has 0 radical (unpaired) electrons. The lowest BCUT2D eigenvalue weighted by Gasteiger charge is -2.01. The van der Waals surface area contributed by atoms with Gasteiger partial charge in [0.15, 0.2) is 0 Å². The topological polar surface area (TPSA) is 13.1 Å². The van der Waals surface area contributed by atoms with E-state index < -0.39 is 0 Å². The summed E-state index contributed by atoms with van der Waals surface area (Å²) in [5.41, 5.74) is 4.47. The zero-order valence-corrected chi connectivity index (χ0v) is 11.1. The zero-order valence-electron chi connectivity index (χ0n) is 10.3. The average Bonchev–Trinajstić information content (AvgIpc) is 2.66. The Bertz CT molecular complexity index is 708. The maximum Gasteiger partial charge on any atom is 0.134 e. The number of benzene rings is 2. The fourth-order valence-corrected chi connectivity index (χ4v) is 2.44. The van der Waals surface area contributed by atoms with Crippen LogP contribution in [0, 0.1) is 13.8 Å². The van der Waals surface area contributed by atoms with Crippen LogP contribution in [0.1, 0.15) is 11.3 Å². The molecule has 3 rings (SSSR count). The van der Waals surface area contributed by atoms with Gasteiger partial charge in [0.25, 0.3) is 0 Å². The molecular weight excluding hydrogens is 244 g/mol. The van der Waals surface area contributed by atoms with Crippen LogP contribution >= 0.6 is 11.6 Å². The summed E-state index contributed by atoms with van der Waals surface area (Å²) in [5.74, 6) is 0.943. The SMILES string of the molecule is Cc1ccc2oc(C)c(-c3ccc(Cl)cc3)c2c1. The van der Waals surface area contributed by atoms with E-state index in [1.807, 2.05) is 37.3 Å². The van der Waals surface area contributed by atoms with Crippen LogP contribution in [0.5, 0.6) is 0 Å². The van der Waals surface area contributed by atoms with Crippen LogP contribution in [-0.4, -0.2) is 0 Å². The second kappa shape index (κ2) is 4.18. The summed E-state index contributed by atoms with van der Waals surface area (Å²) >= 11 is 5.93. The molecule has 0 saturated carbocycles. The predicted molar refractivity (Wildman–Crippen MR) is 76.1 cm³/mol. The second-order valence-electron chi connectivity index (χ2n) is 4.54. The van der Waals surface area contributed by atoms with Crippen molar-refractivity contribution in [2.24, 2.45) is 0 Å². The van der Waals surface area contributed by atoms with Crippen LogP contribution in [0.15, 0.2) is 46.9 Å². The minimum absolute atomic E-state index is 0.750. The van der Waals surface area contributed by atoms with Crippen molar-refractivity contribution in [3.63, 3.8) is 0 Å². The van der Waals surface area contributed by atoms with E-state index in [9.17, 15) is 0 Å². The van der Waals surface area contributed by atoms with Gasteiger partial charge in [0.05, 0.1) is 0 Å². The van der Waals surface area contributed by atoms with Crippen molar-refractivity contribution >= 4 is 22.6 Å². The first kappa shape index (κ1) is 11.4. The van der Waals surface area contributed by atoms with Crippen molar-refractivity contribution in [1.82, 2.24) is 0 Å². The minimum atomic E-state index is 0.750. The monoisotopic (exact) mass is 256 g/mol. The first-order chi connectivity index (χ1) is 8.65. The largest absolute Gasteiger partial charge is 0.461 e. The zero-order chi connectivity index (χ0) is 12.7. The van der Waals surface area contributed by atoms with E-state index in [0.29, 0.717) is 0 Å². The molecule has 0 bridgehead atoms. The standard InChI is InChI=1S/C16H13ClO/c1-10-3-8-15-14(9-10)16(11(2)18-15)12-4-6-13(17)7-5-12/h3-9H,1-2H3. The normalized spacial score (nSPS) is 11.1. The molecule has 0 fully saturated rings. The first-order valence-electron chi connectivity index (χ1n) is 5.91. The van der Waals surface area contributed by atoms with E-state index in [1.54, 1.807) is 0 Å². The molecule has 3 aromatic rings. The Balaban J connectivity index is 2.30. The van der Waals surface area contributed by atoms with Crippen molar-refractivity contribution in [2.45, 2.75) is 13.8 Å². The van der Waals surface area contributed by atoms with Gasteiger partial charge in [0, 0.05) is 16.0 Å². The first-order valence-corrected chi connectivity index (χ1v) is 6.28. The molecule has 0 N–H and O–H groups in total. The van der Waals surface area contributed by atoms with Gasteiger partial charge in [-0.15, -0.1) is 0 Å². The van der Waals surface area contributed by atoms with Crippen molar-refractivity contribution in [3.05, 3.63) is 58.8 Å². The lowest BCUT2D eigenvalue weighted by molar-refractivity contribution is 0.580. The van der Waals surface area contributed by atoms with Crippen molar-refractivity contribution in [2.75, 3.05) is 0 Å². The van der Waals surface area contributed by atoms with Crippen molar-refractivity contribution < 1.29 is 4.42 Å². The molecule has 1 heterocycles. The predicted octanol–water partition coefficient (Wildman–Crippen LogP) is 5.37. The Morgan fingerprint density at radius 1 is 0.944 bits per heavy atom. The molecule has 2 heteroatoms. The summed E-state index contributed by atoms with van der Waals surface area (Å²) in [5, 5.41) is 1.91. The number of furan rings is 1. The third-order valence-electron chi connectivity index (χ3n) is 3.15. The van der Waals surface area contributed by atoms with E-state index in [2.05, 4.69) is 19.1 Å². The Morgan fingerprint density at radius 2 is 1.67 bits per heavy atom. The van der Waals surface area contributed by atoms with Gasteiger partial charge < -0.3 is 4.42 Å². The molecule has 0 aliphatic heterocycles. The second-order valence-corrected chi connectivity index (χ2v) is 4.98. The maximum absolute atomic E-state index is 5.93. The van der Waals surface area contributed by atoms with E-state index >= 15 is 0 Å². The highest BCUT2D eigenvalue weighted by molar-refractivity contribution is 6.30. The third-order valence-corrected chi connectivity index (χ3v) is 3.40. The molecule has 90 valence electrons. The quantitative estimate of drug-likeness (QED) is 0.570. The summed E-state index contributed by atoms with van der Waals surface area (Å²) in [6.07, 6.45) is 0. The Morgan fingerprint density at radius 3 is 2.39 bits per heavy atom. The Kier molecular flexibility index (Phi) is 2.64. The highest BCUT2D eigenvalue weighted by Gasteiger charge is 2.12. The summed E-state index contributed by atoms with van der Waals surface area (Å²) < 4.78 is 5.81. The van der Waals surface area contributed by atoms with E-state index in [0.717, 1.165) is 32.9 Å². The number of hydrogen-bond donors (Lipinski definition) is 0. The molecule has 0 aliphatic rings. The summed E-state index contributed by atoms with van der Waals surface area (Å²) in [7, 11) is 0. The molecule has 0 spiro atoms. The highest BCUT2D eigenvalue weighted by atomic mass is 35.5. The van der Waals surface area contributed by atoms with Crippen LogP contribution in [-0.2, 0) is 0 Å². The molecular formula is C16H13ClO. The van der Waals surface area contributed by atoms with E-state index in [1.165, 1.54) is 5.56 Å². The number of halogens is 1. The molecule has 0 saturated heterocycles.